The lowest BCUT2D eigenvalue weighted by Gasteiger charge is -2.34. The van der Waals surface area contributed by atoms with E-state index in [2.05, 4.69) is 64.6 Å². The highest BCUT2D eigenvalue weighted by atomic mass is 16.1. The third-order valence-corrected chi connectivity index (χ3v) is 5.35. The van der Waals surface area contributed by atoms with E-state index in [4.69, 9.17) is 4.99 Å². The van der Waals surface area contributed by atoms with Crippen LogP contribution in [-0.2, 0) is 4.79 Å². The van der Waals surface area contributed by atoms with Gasteiger partial charge in [-0.1, -0.05) is 18.2 Å². The molecule has 0 bridgehead atoms. The van der Waals surface area contributed by atoms with Crippen LogP contribution in [0.25, 0.3) is 0 Å². The smallest absolute Gasteiger partial charge is 0.220 e. The Bertz CT molecular complexity index is 596. The van der Waals surface area contributed by atoms with Gasteiger partial charge >= 0.3 is 0 Å². The Labute approximate surface area is 170 Å². The van der Waals surface area contributed by atoms with E-state index in [1.165, 1.54) is 5.69 Å². The summed E-state index contributed by atoms with van der Waals surface area (Å²) in [7, 11) is 1.71. The van der Waals surface area contributed by atoms with E-state index >= 15 is 0 Å². The third-order valence-electron chi connectivity index (χ3n) is 5.35. The van der Waals surface area contributed by atoms with Gasteiger partial charge in [0.1, 0.15) is 0 Å². The Hall–Kier alpha value is -2.24. The molecule has 156 valence electrons. The zero-order chi connectivity index (χ0) is 20.2. The predicted octanol–water partition coefficient (Wildman–Crippen LogP) is 2.72. The molecule has 1 amide bonds. The summed E-state index contributed by atoms with van der Waals surface area (Å²) in [5, 5.41) is 6.17. The standard InChI is InChI=1S/C22H37N5O/c1-4-24-22(27-16-12-19(13-17-27)18-21(28)23-3)25-14-9-15-26(5-2)20-10-7-6-8-11-20/h6-8,10-11,19H,4-5,9,12-18H2,1-3H3,(H,23,28)(H,24,25). The van der Waals surface area contributed by atoms with Crippen molar-refractivity contribution < 1.29 is 4.79 Å². The van der Waals surface area contributed by atoms with Gasteiger partial charge in [-0.05, 0) is 51.2 Å². The summed E-state index contributed by atoms with van der Waals surface area (Å²) in [5.41, 5.74) is 1.28. The average molecular weight is 388 g/mol. The zero-order valence-corrected chi connectivity index (χ0v) is 17.8. The first kappa shape index (κ1) is 22.1. The fourth-order valence-corrected chi connectivity index (χ4v) is 3.69. The number of rotatable bonds is 9. The zero-order valence-electron chi connectivity index (χ0n) is 17.8. The van der Waals surface area contributed by atoms with Gasteiger partial charge in [0.25, 0.3) is 0 Å². The van der Waals surface area contributed by atoms with E-state index in [0.717, 1.165) is 64.5 Å². The lowest BCUT2D eigenvalue weighted by Crippen LogP contribution is -2.46. The van der Waals surface area contributed by atoms with Crippen molar-refractivity contribution in [2.24, 2.45) is 10.9 Å². The SMILES string of the molecule is CCNC(=NCCCN(CC)c1ccccc1)N1CCC(CC(=O)NC)CC1. The van der Waals surface area contributed by atoms with Crippen molar-refractivity contribution in [3.05, 3.63) is 30.3 Å². The monoisotopic (exact) mass is 387 g/mol. The summed E-state index contributed by atoms with van der Waals surface area (Å²) in [6, 6.07) is 10.6. The maximum atomic E-state index is 11.6. The number of guanidine groups is 1. The van der Waals surface area contributed by atoms with E-state index in [0.29, 0.717) is 12.3 Å². The summed E-state index contributed by atoms with van der Waals surface area (Å²) < 4.78 is 0. The topological polar surface area (TPSA) is 60.0 Å². The average Bonchev–Trinajstić information content (AvgIpc) is 2.74. The molecule has 6 heteroatoms. The van der Waals surface area contributed by atoms with Crippen LogP contribution in [0, 0.1) is 5.92 Å². The minimum Gasteiger partial charge on any atom is -0.372 e. The van der Waals surface area contributed by atoms with Crippen LogP contribution >= 0.6 is 0 Å². The Morgan fingerprint density at radius 1 is 1.21 bits per heavy atom. The van der Waals surface area contributed by atoms with Crippen molar-refractivity contribution >= 4 is 17.6 Å². The molecule has 1 aromatic carbocycles. The molecule has 1 heterocycles. The molecular weight excluding hydrogens is 350 g/mol. The fraction of sp³-hybridized carbons (Fsp3) is 0.636. The van der Waals surface area contributed by atoms with Crippen molar-refractivity contribution in [3.63, 3.8) is 0 Å². The number of para-hydroxylation sites is 1. The number of aliphatic imine (C=N–C) groups is 1. The second-order valence-electron chi connectivity index (χ2n) is 7.31. The van der Waals surface area contributed by atoms with Gasteiger partial charge in [-0.25, -0.2) is 0 Å². The Morgan fingerprint density at radius 2 is 1.93 bits per heavy atom. The number of carbonyl (C=O) groups excluding carboxylic acids is 1. The Kier molecular flexibility index (Phi) is 9.66. The number of nitrogens with zero attached hydrogens (tertiary/aromatic N) is 3. The number of amides is 1. The lowest BCUT2D eigenvalue weighted by molar-refractivity contribution is -0.121. The molecule has 0 unspecified atom stereocenters. The maximum absolute atomic E-state index is 11.6. The summed E-state index contributed by atoms with van der Waals surface area (Å²) in [6.07, 6.45) is 3.78. The molecule has 0 atom stereocenters. The van der Waals surface area contributed by atoms with Crippen LogP contribution in [-0.4, -0.2) is 63.1 Å². The van der Waals surface area contributed by atoms with Gasteiger partial charge in [-0.15, -0.1) is 0 Å². The lowest BCUT2D eigenvalue weighted by atomic mass is 9.93. The third kappa shape index (κ3) is 7.06. The Morgan fingerprint density at radius 3 is 2.54 bits per heavy atom. The number of nitrogens with one attached hydrogen (secondary N) is 2. The molecule has 0 saturated carbocycles. The molecule has 0 radical (unpaired) electrons. The highest BCUT2D eigenvalue weighted by Crippen LogP contribution is 2.20. The van der Waals surface area contributed by atoms with E-state index in [1.807, 2.05) is 0 Å². The van der Waals surface area contributed by atoms with Gasteiger partial charge in [-0.3, -0.25) is 9.79 Å². The van der Waals surface area contributed by atoms with Crippen molar-refractivity contribution in [2.45, 2.75) is 39.5 Å². The highest BCUT2D eigenvalue weighted by Gasteiger charge is 2.23. The minimum absolute atomic E-state index is 0.151. The van der Waals surface area contributed by atoms with E-state index in [-0.39, 0.29) is 5.91 Å². The molecule has 0 aromatic heterocycles. The fourth-order valence-electron chi connectivity index (χ4n) is 3.69. The van der Waals surface area contributed by atoms with Crippen LogP contribution < -0.4 is 15.5 Å². The van der Waals surface area contributed by atoms with E-state index in [9.17, 15) is 4.79 Å². The van der Waals surface area contributed by atoms with Crippen LogP contribution in [0.1, 0.15) is 39.5 Å². The number of carbonyl (C=O) groups is 1. The van der Waals surface area contributed by atoms with Gasteiger partial charge in [0, 0.05) is 58.4 Å². The number of piperidine rings is 1. The predicted molar refractivity (Wildman–Crippen MR) is 118 cm³/mol. The van der Waals surface area contributed by atoms with Gasteiger partial charge in [0.15, 0.2) is 5.96 Å². The van der Waals surface area contributed by atoms with E-state index in [1.54, 1.807) is 7.05 Å². The number of hydrogen-bond donors (Lipinski definition) is 2. The first-order valence-corrected chi connectivity index (χ1v) is 10.7. The normalized spacial score (nSPS) is 15.4. The van der Waals surface area contributed by atoms with Gasteiger partial charge < -0.3 is 20.4 Å². The second kappa shape index (κ2) is 12.3. The minimum atomic E-state index is 0.151. The van der Waals surface area contributed by atoms with Crippen LogP contribution in [0.5, 0.6) is 0 Å². The molecule has 1 fully saturated rings. The van der Waals surface area contributed by atoms with E-state index < -0.39 is 0 Å². The molecule has 2 N–H and O–H groups in total. The molecule has 1 saturated heterocycles. The van der Waals surface area contributed by atoms with Crippen molar-refractivity contribution in [3.8, 4) is 0 Å². The molecule has 0 aliphatic carbocycles. The van der Waals surface area contributed by atoms with Crippen molar-refractivity contribution in [2.75, 3.05) is 51.2 Å². The largest absolute Gasteiger partial charge is 0.372 e. The van der Waals surface area contributed by atoms with Crippen LogP contribution in [0.2, 0.25) is 0 Å². The van der Waals surface area contributed by atoms with Crippen LogP contribution in [0.15, 0.2) is 35.3 Å². The molecule has 28 heavy (non-hydrogen) atoms. The maximum Gasteiger partial charge on any atom is 0.220 e. The first-order valence-electron chi connectivity index (χ1n) is 10.7. The summed E-state index contributed by atoms with van der Waals surface area (Å²) in [5.74, 6) is 1.66. The number of anilines is 1. The summed E-state index contributed by atoms with van der Waals surface area (Å²) in [4.78, 5) is 21.2. The highest BCUT2D eigenvalue weighted by molar-refractivity contribution is 5.80. The van der Waals surface area contributed by atoms with Gasteiger partial charge in [-0.2, -0.15) is 0 Å². The second-order valence-corrected chi connectivity index (χ2v) is 7.31. The number of likely N-dealkylation sites (tertiary alicyclic amines) is 1. The molecule has 1 aliphatic rings. The molecule has 1 aromatic rings. The number of hydrogen-bond acceptors (Lipinski definition) is 3. The Balaban J connectivity index is 1.81. The van der Waals surface area contributed by atoms with Crippen molar-refractivity contribution in [1.82, 2.24) is 15.5 Å². The molecule has 0 spiro atoms. The molecule has 1 aliphatic heterocycles. The molecular formula is C22H37N5O. The van der Waals surface area contributed by atoms with Gasteiger partial charge in [0.2, 0.25) is 5.91 Å². The quantitative estimate of drug-likeness (QED) is 0.389. The van der Waals surface area contributed by atoms with Crippen molar-refractivity contribution in [1.29, 1.82) is 0 Å². The molecule has 6 nitrogen and oxygen atoms in total. The van der Waals surface area contributed by atoms with Gasteiger partial charge in [0.05, 0.1) is 0 Å². The van der Waals surface area contributed by atoms with Crippen LogP contribution in [0.3, 0.4) is 0 Å². The molecule has 2 rings (SSSR count). The first-order chi connectivity index (χ1) is 13.7. The summed E-state index contributed by atoms with van der Waals surface area (Å²) in [6.45, 7) is 9.97. The van der Waals surface area contributed by atoms with Crippen LogP contribution in [0.4, 0.5) is 5.69 Å². The summed E-state index contributed by atoms with van der Waals surface area (Å²) >= 11 is 0. The number of benzene rings is 1.